The number of phenols is 1. The Bertz CT molecular complexity index is 923. The third kappa shape index (κ3) is 2.73. The van der Waals surface area contributed by atoms with E-state index in [-0.39, 0.29) is 11.2 Å². The van der Waals surface area contributed by atoms with Gasteiger partial charge in [-0.15, -0.1) is 0 Å². The highest BCUT2D eigenvalue weighted by Crippen LogP contribution is 2.35. The Morgan fingerprint density at radius 2 is 1.56 bits per heavy atom. The third-order valence-electron chi connectivity index (χ3n) is 4.47. The maximum Gasteiger partial charge on any atom is 0.337 e. The summed E-state index contributed by atoms with van der Waals surface area (Å²) in [6, 6.07) is 12.1. The molecule has 1 aromatic heterocycles. The van der Waals surface area contributed by atoms with E-state index in [0.29, 0.717) is 22.2 Å². The number of aromatic nitrogens is 3. The molecule has 0 saturated heterocycles. The van der Waals surface area contributed by atoms with Gasteiger partial charge in [0.25, 0.3) is 0 Å². The zero-order valence-corrected chi connectivity index (χ0v) is 14.7. The Labute approximate surface area is 145 Å². The van der Waals surface area contributed by atoms with Gasteiger partial charge >= 0.3 is 5.97 Å². The molecule has 2 N–H and O–H groups in total. The van der Waals surface area contributed by atoms with E-state index in [1.165, 1.54) is 10.9 Å². The van der Waals surface area contributed by atoms with Crippen molar-refractivity contribution in [1.82, 2.24) is 15.0 Å². The normalized spacial score (nSPS) is 14.4. The van der Waals surface area contributed by atoms with Gasteiger partial charge in [-0.2, -0.15) is 15.0 Å². The molecule has 0 radical (unpaired) electrons. The fourth-order valence-corrected chi connectivity index (χ4v) is 2.82. The van der Waals surface area contributed by atoms with Crippen molar-refractivity contribution >= 4 is 17.0 Å². The van der Waals surface area contributed by atoms with Crippen LogP contribution in [0.5, 0.6) is 5.75 Å². The molecule has 0 bridgehead atoms. The SMILES string of the molecule is CC(C)(C)c1cc(C(C)(C(=O)O)n2nc3ccccc3n2)ccc1O. The van der Waals surface area contributed by atoms with Crippen LogP contribution in [-0.2, 0) is 15.7 Å². The van der Waals surface area contributed by atoms with Crippen LogP contribution < -0.4 is 0 Å². The number of carboxylic acids is 1. The zero-order valence-electron chi connectivity index (χ0n) is 14.7. The van der Waals surface area contributed by atoms with Crippen LogP contribution >= 0.6 is 0 Å². The average Bonchev–Trinajstić information content (AvgIpc) is 2.97. The first-order chi connectivity index (χ1) is 11.6. The first-order valence-electron chi connectivity index (χ1n) is 8.04. The Morgan fingerprint density at radius 1 is 1.00 bits per heavy atom. The predicted molar refractivity (Wildman–Crippen MR) is 94.7 cm³/mol. The van der Waals surface area contributed by atoms with Gasteiger partial charge in [-0.05, 0) is 47.7 Å². The molecule has 130 valence electrons. The summed E-state index contributed by atoms with van der Waals surface area (Å²) in [5.41, 5.74) is 0.612. The molecule has 0 fully saturated rings. The number of aliphatic carboxylic acids is 1. The molecule has 25 heavy (non-hydrogen) atoms. The van der Waals surface area contributed by atoms with Gasteiger partial charge in [0.15, 0.2) is 0 Å². The number of nitrogens with zero attached hydrogens (tertiary/aromatic N) is 3. The first kappa shape index (κ1) is 17.0. The number of fused-ring (bicyclic) bond motifs is 1. The topological polar surface area (TPSA) is 88.2 Å². The van der Waals surface area contributed by atoms with E-state index < -0.39 is 11.5 Å². The van der Waals surface area contributed by atoms with E-state index in [1.54, 1.807) is 31.2 Å². The van der Waals surface area contributed by atoms with Crippen molar-refractivity contribution in [2.24, 2.45) is 0 Å². The highest BCUT2D eigenvalue weighted by Gasteiger charge is 2.41. The summed E-state index contributed by atoms with van der Waals surface area (Å²) in [6.07, 6.45) is 0. The van der Waals surface area contributed by atoms with Crippen molar-refractivity contribution in [2.75, 3.05) is 0 Å². The molecule has 3 aromatic rings. The lowest BCUT2D eigenvalue weighted by Crippen LogP contribution is -2.42. The van der Waals surface area contributed by atoms with Crippen LogP contribution in [0.3, 0.4) is 0 Å². The number of phenolic OH excluding ortho intramolecular Hbond substituents is 1. The summed E-state index contributed by atoms with van der Waals surface area (Å²) in [6.45, 7) is 7.45. The molecule has 0 amide bonds. The lowest BCUT2D eigenvalue weighted by atomic mass is 9.82. The van der Waals surface area contributed by atoms with Crippen LogP contribution in [0.1, 0.15) is 38.8 Å². The summed E-state index contributed by atoms with van der Waals surface area (Å²) >= 11 is 0. The second kappa shape index (κ2) is 5.58. The summed E-state index contributed by atoms with van der Waals surface area (Å²) in [4.78, 5) is 13.4. The largest absolute Gasteiger partial charge is 0.508 e. The zero-order chi connectivity index (χ0) is 18.4. The lowest BCUT2D eigenvalue weighted by molar-refractivity contribution is -0.145. The third-order valence-corrected chi connectivity index (χ3v) is 4.47. The number of hydrogen-bond acceptors (Lipinski definition) is 4. The maximum atomic E-state index is 12.2. The van der Waals surface area contributed by atoms with Crippen molar-refractivity contribution in [3.63, 3.8) is 0 Å². The highest BCUT2D eigenvalue weighted by atomic mass is 16.4. The van der Waals surface area contributed by atoms with E-state index >= 15 is 0 Å². The molecule has 0 saturated carbocycles. The van der Waals surface area contributed by atoms with E-state index in [9.17, 15) is 15.0 Å². The van der Waals surface area contributed by atoms with E-state index in [4.69, 9.17) is 0 Å². The molecule has 0 aliphatic heterocycles. The molecule has 2 aromatic carbocycles. The Kier molecular flexibility index (Phi) is 3.78. The van der Waals surface area contributed by atoms with Gasteiger partial charge < -0.3 is 10.2 Å². The minimum atomic E-state index is -1.49. The predicted octanol–water partition coefficient (Wildman–Crippen LogP) is 3.28. The molecule has 3 rings (SSSR count). The molecule has 0 aliphatic rings. The standard InChI is InChI=1S/C19H21N3O3/c1-18(2,3)13-11-12(9-10-16(13)23)19(4,17(24)25)22-20-14-7-5-6-8-15(14)21-22/h5-11,23H,1-4H3,(H,24,25). The minimum Gasteiger partial charge on any atom is -0.508 e. The number of rotatable bonds is 3. The van der Waals surface area contributed by atoms with Crippen molar-refractivity contribution in [3.8, 4) is 5.75 Å². The van der Waals surface area contributed by atoms with Gasteiger partial charge in [-0.1, -0.05) is 39.0 Å². The van der Waals surface area contributed by atoms with Gasteiger partial charge in [0.05, 0.1) is 0 Å². The van der Waals surface area contributed by atoms with Crippen LogP contribution in [-0.4, -0.2) is 31.2 Å². The van der Waals surface area contributed by atoms with Crippen molar-refractivity contribution in [3.05, 3.63) is 53.6 Å². The van der Waals surface area contributed by atoms with Gasteiger partial charge in [0, 0.05) is 0 Å². The van der Waals surface area contributed by atoms with E-state index in [1.807, 2.05) is 32.9 Å². The van der Waals surface area contributed by atoms with Crippen LogP contribution in [0.4, 0.5) is 0 Å². The number of carboxylic acid groups (broad SMARTS) is 1. The smallest absolute Gasteiger partial charge is 0.337 e. The second-order valence-corrected chi connectivity index (χ2v) is 7.34. The highest BCUT2D eigenvalue weighted by molar-refractivity contribution is 5.82. The van der Waals surface area contributed by atoms with Crippen LogP contribution in [0.25, 0.3) is 11.0 Å². The monoisotopic (exact) mass is 339 g/mol. The van der Waals surface area contributed by atoms with Crippen LogP contribution in [0, 0.1) is 0 Å². The molecule has 6 heteroatoms. The Balaban J connectivity index is 2.23. The molecule has 0 spiro atoms. The van der Waals surface area contributed by atoms with Crippen molar-refractivity contribution in [1.29, 1.82) is 0 Å². The molecular formula is C19H21N3O3. The van der Waals surface area contributed by atoms with Gasteiger partial charge in [0.2, 0.25) is 5.54 Å². The van der Waals surface area contributed by atoms with Crippen molar-refractivity contribution in [2.45, 2.75) is 38.6 Å². The quantitative estimate of drug-likeness (QED) is 0.764. The molecule has 6 nitrogen and oxygen atoms in total. The number of hydrogen-bond donors (Lipinski definition) is 2. The summed E-state index contributed by atoms with van der Waals surface area (Å²) in [5, 5.41) is 28.9. The average molecular weight is 339 g/mol. The van der Waals surface area contributed by atoms with Gasteiger partial charge in [0.1, 0.15) is 16.8 Å². The van der Waals surface area contributed by atoms with Gasteiger partial charge in [-0.25, -0.2) is 4.79 Å². The van der Waals surface area contributed by atoms with E-state index in [0.717, 1.165) is 0 Å². The summed E-state index contributed by atoms with van der Waals surface area (Å²) in [5.74, 6) is -0.930. The Morgan fingerprint density at radius 3 is 2.04 bits per heavy atom. The first-order valence-corrected chi connectivity index (χ1v) is 8.04. The molecule has 0 aliphatic carbocycles. The molecule has 1 atom stereocenters. The number of aromatic hydroxyl groups is 1. The van der Waals surface area contributed by atoms with Crippen LogP contribution in [0.2, 0.25) is 0 Å². The van der Waals surface area contributed by atoms with E-state index in [2.05, 4.69) is 10.2 Å². The molecular weight excluding hydrogens is 318 g/mol. The minimum absolute atomic E-state index is 0.141. The van der Waals surface area contributed by atoms with Crippen molar-refractivity contribution < 1.29 is 15.0 Å². The molecule has 1 heterocycles. The van der Waals surface area contributed by atoms with Gasteiger partial charge in [-0.3, -0.25) is 0 Å². The number of benzene rings is 2. The fraction of sp³-hybridized carbons (Fsp3) is 0.316. The molecule has 1 unspecified atom stereocenters. The fourth-order valence-electron chi connectivity index (χ4n) is 2.82. The summed E-state index contributed by atoms with van der Waals surface area (Å²) in [7, 11) is 0. The Hall–Kier alpha value is -2.89. The van der Waals surface area contributed by atoms with Crippen LogP contribution in [0.15, 0.2) is 42.5 Å². The maximum absolute atomic E-state index is 12.2. The lowest BCUT2D eigenvalue weighted by Gasteiger charge is -2.27. The summed E-state index contributed by atoms with van der Waals surface area (Å²) < 4.78 is 0. The number of carbonyl (C=O) groups is 1. The second-order valence-electron chi connectivity index (χ2n) is 7.34.